The topological polar surface area (TPSA) is 81.4 Å². The number of nitrogens with two attached hydrogens (primary N) is 1. The Labute approximate surface area is 168 Å². The number of carbonyl (C=O) groups excluding carboxylic acids is 2. The molecule has 5 nitrogen and oxygen atoms in total. The van der Waals surface area contributed by atoms with Crippen LogP contribution in [0.25, 0.3) is 0 Å². The first-order valence-corrected chi connectivity index (χ1v) is 9.65. The van der Waals surface area contributed by atoms with Gasteiger partial charge in [-0.25, -0.2) is 0 Å². The summed E-state index contributed by atoms with van der Waals surface area (Å²) in [5, 5.41) is 2.87. The lowest BCUT2D eigenvalue weighted by Gasteiger charge is -2.14. The summed E-state index contributed by atoms with van der Waals surface area (Å²) in [4.78, 5) is 23.3. The molecule has 2 rings (SSSR count). The molecule has 0 heterocycles. The van der Waals surface area contributed by atoms with E-state index in [1.54, 1.807) is 7.11 Å². The van der Waals surface area contributed by atoms with Crippen LogP contribution in [0.4, 0.5) is 0 Å². The van der Waals surface area contributed by atoms with E-state index in [0.717, 1.165) is 33.3 Å². The maximum absolute atomic E-state index is 12.7. The highest BCUT2D eigenvalue weighted by Crippen LogP contribution is 2.25. The summed E-state index contributed by atoms with van der Waals surface area (Å²) in [6.07, 6.45) is 2.58. The van der Waals surface area contributed by atoms with Crippen LogP contribution in [0.3, 0.4) is 0 Å². The number of carbonyl (C=O) groups is 2. The van der Waals surface area contributed by atoms with Crippen molar-refractivity contribution in [3.8, 4) is 5.75 Å². The normalized spacial score (nSPS) is 11.7. The fraction of sp³-hybridized carbons (Fsp3) is 0.333. The van der Waals surface area contributed by atoms with Gasteiger partial charge >= 0.3 is 0 Å². The maximum Gasteiger partial charge on any atom is 0.251 e. The predicted octanol–water partition coefficient (Wildman–Crippen LogP) is 3.20. The molecule has 3 N–H and O–H groups in total. The Hall–Kier alpha value is -2.18. The van der Waals surface area contributed by atoms with Crippen LogP contribution < -0.4 is 15.8 Å². The van der Waals surface area contributed by atoms with Crippen LogP contribution in [0.2, 0.25) is 0 Å². The molecule has 0 saturated heterocycles. The summed E-state index contributed by atoms with van der Waals surface area (Å²) in [6.45, 7) is 2.29. The molecule has 1 unspecified atom stereocenters. The average Bonchev–Trinajstić information content (AvgIpc) is 2.66. The van der Waals surface area contributed by atoms with Crippen molar-refractivity contribution in [3.63, 3.8) is 0 Å². The Morgan fingerprint density at radius 2 is 2.00 bits per heavy atom. The van der Waals surface area contributed by atoms with Gasteiger partial charge in [0.2, 0.25) is 0 Å². The molecule has 1 amide bonds. The monoisotopic (exact) mass is 432 g/mol. The SMILES string of the molecule is COc1ccc(Br)cc1CCc1cccc(C)c1C(=O)NCCC(N)C=O. The van der Waals surface area contributed by atoms with Crippen LogP contribution in [-0.4, -0.2) is 31.9 Å². The van der Waals surface area contributed by atoms with Gasteiger partial charge in [0, 0.05) is 16.6 Å². The Morgan fingerprint density at radius 1 is 1.26 bits per heavy atom. The Balaban J connectivity index is 2.14. The molecule has 0 radical (unpaired) electrons. The second-order valence-electron chi connectivity index (χ2n) is 6.41. The Bertz CT molecular complexity index is 808. The summed E-state index contributed by atoms with van der Waals surface area (Å²) < 4.78 is 6.43. The highest BCUT2D eigenvalue weighted by Gasteiger charge is 2.15. The zero-order chi connectivity index (χ0) is 19.8. The molecule has 144 valence electrons. The highest BCUT2D eigenvalue weighted by atomic mass is 79.9. The summed E-state index contributed by atoms with van der Waals surface area (Å²) in [6, 6.07) is 11.2. The molecule has 0 spiro atoms. The van der Waals surface area contributed by atoms with E-state index in [1.165, 1.54) is 0 Å². The fourth-order valence-electron chi connectivity index (χ4n) is 2.98. The number of aldehydes is 1. The average molecular weight is 433 g/mol. The third-order valence-corrected chi connectivity index (χ3v) is 4.92. The molecule has 0 saturated carbocycles. The van der Waals surface area contributed by atoms with Gasteiger partial charge < -0.3 is 20.6 Å². The van der Waals surface area contributed by atoms with Crippen molar-refractivity contribution < 1.29 is 14.3 Å². The lowest BCUT2D eigenvalue weighted by molar-refractivity contribution is -0.109. The molecular weight excluding hydrogens is 408 g/mol. The van der Waals surface area contributed by atoms with Crippen molar-refractivity contribution >= 4 is 28.1 Å². The van der Waals surface area contributed by atoms with E-state index in [0.29, 0.717) is 31.2 Å². The third kappa shape index (κ3) is 5.91. The molecule has 0 aliphatic carbocycles. The quantitative estimate of drug-likeness (QED) is 0.596. The number of rotatable bonds is 9. The van der Waals surface area contributed by atoms with Gasteiger partial charge in [0.15, 0.2) is 0 Å². The summed E-state index contributed by atoms with van der Waals surface area (Å²) in [5.41, 5.74) is 9.24. The van der Waals surface area contributed by atoms with Crippen molar-refractivity contribution in [2.75, 3.05) is 13.7 Å². The van der Waals surface area contributed by atoms with Gasteiger partial charge in [-0.1, -0.05) is 34.1 Å². The number of aryl methyl sites for hydroxylation is 3. The van der Waals surface area contributed by atoms with Crippen molar-refractivity contribution in [2.24, 2.45) is 5.73 Å². The maximum atomic E-state index is 12.7. The van der Waals surface area contributed by atoms with E-state index < -0.39 is 6.04 Å². The number of nitrogens with one attached hydrogen (secondary N) is 1. The highest BCUT2D eigenvalue weighted by molar-refractivity contribution is 9.10. The summed E-state index contributed by atoms with van der Waals surface area (Å²) in [7, 11) is 1.66. The number of benzene rings is 2. The number of ether oxygens (including phenoxy) is 1. The lowest BCUT2D eigenvalue weighted by Crippen LogP contribution is -2.32. The van der Waals surface area contributed by atoms with Crippen LogP contribution >= 0.6 is 15.9 Å². The smallest absolute Gasteiger partial charge is 0.251 e. The van der Waals surface area contributed by atoms with E-state index in [1.807, 2.05) is 43.3 Å². The fourth-order valence-corrected chi connectivity index (χ4v) is 3.39. The number of hydrogen-bond donors (Lipinski definition) is 2. The molecule has 0 fully saturated rings. The van der Waals surface area contributed by atoms with Crippen LogP contribution in [0, 0.1) is 6.92 Å². The summed E-state index contributed by atoms with van der Waals surface area (Å²) in [5.74, 6) is 0.696. The lowest BCUT2D eigenvalue weighted by atomic mass is 9.95. The van der Waals surface area contributed by atoms with Crippen molar-refractivity contribution in [1.82, 2.24) is 5.32 Å². The Morgan fingerprint density at radius 3 is 2.70 bits per heavy atom. The molecule has 1 atom stereocenters. The van der Waals surface area contributed by atoms with Gasteiger partial charge in [-0.15, -0.1) is 0 Å². The molecule has 2 aromatic rings. The second-order valence-corrected chi connectivity index (χ2v) is 7.33. The minimum Gasteiger partial charge on any atom is -0.496 e. The number of methoxy groups -OCH3 is 1. The van der Waals surface area contributed by atoms with Crippen LogP contribution in [0.1, 0.15) is 33.5 Å². The van der Waals surface area contributed by atoms with E-state index in [4.69, 9.17) is 10.5 Å². The van der Waals surface area contributed by atoms with Crippen molar-refractivity contribution in [2.45, 2.75) is 32.2 Å². The molecule has 2 aromatic carbocycles. The molecule has 0 aliphatic rings. The number of halogens is 1. The van der Waals surface area contributed by atoms with Crippen LogP contribution in [-0.2, 0) is 17.6 Å². The van der Waals surface area contributed by atoms with Crippen LogP contribution in [0.15, 0.2) is 40.9 Å². The van der Waals surface area contributed by atoms with E-state index in [2.05, 4.69) is 21.2 Å². The Kier molecular flexibility index (Phi) is 8.00. The van der Waals surface area contributed by atoms with Gasteiger partial charge in [-0.2, -0.15) is 0 Å². The molecule has 0 bridgehead atoms. The first-order chi connectivity index (χ1) is 13.0. The van der Waals surface area contributed by atoms with Crippen LogP contribution in [0.5, 0.6) is 5.75 Å². The number of hydrogen-bond acceptors (Lipinski definition) is 4. The van der Waals surface area contributed by atoms with E-state index >= 15 is 0 Å². The molecular formula is C21H25BrN2O3. The molecule has 0 aliphatic heterocycles. The van der Waals surface area contributed by atoms with Gasteiger partial charge in [0.25, 0.3) is 5.91 Å². The first-order valence-electron chi connectivity index (χ1n) is 8.86. The predicted molar refractivity (Wildman–Crippen MR) is 110 cm³/mol. The van der Waals surface area contributed by atoms with Crippen molar-refractivity contribution in [1.29, 1.82) is 0 Å². The third-order valence-electron chi connectivity index (χ3n) is 4.43. The van der Waals surface area contributed by atoms with Crippen molar-refractivity contribution in [3.05, 3.63) is 63.1 Å². The second kappa shape index (κ2) is 10.2. The largest absolute Gasteiger partial charge is 0.496 e. The molecule has 0 aromatic heterocycles. The zero-order valence-corrected chi connectivity index (χ0v) is 17.2. The minimum atomic E-state index is -0.550. The van der Waals surface area contributed by atoms with E-state index in [-0.39, 0.29) is 5.91 Å². The van der Waals surface area contributed by atoms with Gasteiger partial charge in [0.1, 0.15) is 12.0 Å². The number of amides is 1. The van der Waals surface area contributed by atoms with Gasteiger partial charge in [0.05, 0.1) is 13.2 Å². The first kappa shape index (κ1) is 21.1. The molecule has 6 heteroatoms. The van der Waals surface area contributed by atoms with Gasteiger partial charge in [-0.3, -0.25) is 4.79 Å². The molecule has 27 heavy (non-hydrogen) atoms. The summed E-state index contributed by atoms with van der Waals surface area (Å²) >= 11 is 3.49. The van der Waals surface area contributed by atoms with Gasteiger partial charge in [-0.05, 0) is 61.1 Å². The van der Waals surface area contributed by atoms with E-state index in [9.17, 15) is 9.59 Å². The minimum absolute atomic E-state index is 0.137. The zero-order valence-electron chi connectivity index (χ0n) is 15.6. The standard InChI is InChI=1S/C21H25BrN2O3/c1-14-4-3-5-15(20(14)21(26)24-11-10-18(23)13-25)6-7-16-12-17(22)8-9-19(16)27-2/h3-5,8-9,12-13,18H,6-7,10-11,23H2,1-2H3,(H,24,26).